The van der Waals surface area contributed by atoms with Crippen LogP contribution in [0, 0.1) is 10.1 Å². The Balaban J connectivity index is 2.46. The molecule has 19 heavy (non-hydrogen) atoms. The minimum absolute atomic E-state index is 0.0983. The van der Waals surface area contributed by atoms with Crippen molar-refractivity contribution in [2.75, 3.05) is 11.1 Å². The fourth-order valence-corrected chi connectivity index (χ4v) is 2.13. The van der Waals surface area contributed by atoms with E-state index in [0.29, 0.717) is 16.4 Å². The SMILES string of the molecule is Nc1cccc(Nc2cc(Br)ccc2Cl)c1[N+](=O)[O-]. The third-order valence-electron chi connectivity index (χ3n) is 2.45. The summed E-state index contributed by atoms with van der Waals surface area (Å²) < 4.78 is 0.811. The first-order valence-corrected chi connectivity index (χ1v) is 6.41. The van der Waals surface area contributed by atoms with Crippen LogP contribution in [0.15, 0.2) is 40.9 Å². The third kappa shape index (κ3) is 2.97. The van der Waals surface area contributed by atoms with Crippen molar-refractivity contribution >= 4 is 50.3 Å². The van der Waals surface area contributed by atoms with Crippen LogP contribution in [0.25, 0.3) is 0 Å². The van der Waals surface area contributed by atoms with Gasteiger partial charge in [-0.05, 0) is 30.3 Å². The first-order valence-electron chi connectivity index (χ1n) is 5.24. The highest BCUT2D eigenvalue weighted by atomic mass is 79.9. The van der Waals surface area contributed by atoms with E-state index in [-0.39, 0.29) is 11.4 Å². The van der Waals surface area contributed by atoms with Gasteiger partial charge in [-0.15, -0.1) is 0 Å². The van der Waals surface area contributed by atoms with Crippen molar-refractivity contribution in [1.29, 1.82) is 0 Å². The molecule has 2 rings (SSSR count). The highest BCUT2D eigenvalue weighted by Crippen LogP contribution is 2.35. The van der Waals surface area contributed by atoms with Gasteiger partial charge in [-0.25, -0.2) is 0 Å². The molecule has 0 radical (unpaired) electrons. The number of benzene rings is 2. The number of nitro groups is 1. The van der Waals surface area contributed by atoms with E-state index in [1.807, 2.05) is 0 Å². The first kappa shape index (κ1) is 13.6. The molecular weight excluding hydrogens is 334 g/mol. The average molecular weight is 343 g/mol. The van der Waals surface area contributed by atoms with Gasteiger partial charge in [0.15, 0.2) is 0 Å². The highest BCUT2D eigenvalue weighted by Gasteiger charge is 2.18. The Morgan fingerprint density at radius 3 is 2.68 bits per heavy atom. The predicted molar refractivity (Wildman–Crippen MR) is 79.9 cm³/mol. The number of nitrogens with one attached hydrogen (secondary N) is 1. The molecule has 3 N–H and O–H groups in total. The molecule has 0 unspecified atom stereocenters. The van der Waals surface area contributed by atoms with Gasteiger partial charge < -0.3 is 11.1 Å². The van der Waals surface area contributed by atoms with Gasteiger partial charge in [0.25, 0.3) is 0 Å². The second-order valence-corrected chi connectivity index (χ2v) is 5.07. The van der Waals surface area contributed by atoms with E-state index in [4.69, 9.17) is 17.3 Å². The van der Waals surface area contributed by atoms with Crippen molar-refractivity contribution in [3.63, 3.8) is 0 Å². The Bertz CT molecular complexity index is 649. The molecule has 0 aliphatic heterocycles. The zero-order chi connectivity index (χ0) is 14.0. The monoisotopic (exact) mass is 341 g/mol. The molecule has 0 aliphatic rings. The van der Waals surface area contributed by atoms with E-state index < -0.39 is 4.92 Å². The van der Waals surface area contributed by atoms with Gasteiger partial charge in [-0.2, -0.15) is 0 Å². The summed E-state index contributed by atoms with van der Waals surface area (Å²) in [5.74, 6) is 0. The summed E-state index contributed by atoms with van der Waals surface area (Å²) in [5.41, 5.74) is 6.41. The molecule has 0 fully saturated rings. The summed E-state index contributed by atoms with van der Waals surface area (Å²) in [7, 11) is 0. The normalized spacial score (nSPS) is 10.2. The van der Waals surface area contributed by atoms with Gasteiger partial charge in [0, 0.05) is 4.47 Å². The van der Waals surface area contributed by atoms with Crippen LogP contribution in [0.5, 0.6) is 0 Å². The lowest BCUT2D eigenvalue weighted by atomic mass is 10.2. The second-order valence-electron chi connectivity index (χ2n) is 3.75. The van der Waals surface area contributed by atoms with Gasteiger partial charge in [0.05, 0.1) is 15.6 Å². The van der Waals surface area contributed by atoms with Crippen LogP contribution >= 0.6 is 27.5 Å². The second kappa shape index (κ2) is 5.46. The van der Waals surface area contributed by atoms with Gasteiger partial charge >= 0.3 is 5.69 Å². The Morgan fingerprint density at radius 1 is 1.26 bits per heavy atom. The van der Waals surface area contributed by atoms with Gasteiger partial charge in [-0.1, -0.05) is 33.6 Å². The van der Waals surface area contributed by atoms with Crippen LogP contribution in [0.1, 0.15) is 0 Å². The van der Waals surface area contributed by atoms with Crippen molar-refractivity contribution in [3.8, 4) is 0 Å². The summed E-state index contributed by atoms with van der Waals surface area (Å²) in [6.07, 6.45) is 0. The molecule has 0 saturated heterocycles. The quantitative estimate of drug-likeness (QED) is 0.494. The molecule has 0 aliphatic carbocycles. The summed E-state index contributed by atoms with van der Waals surface area (Å²) in [4.78, 5) is 10.5. The molecule has 0 heterocycles. The number of rotatable bonds is 3. The number of nitrogen functional groups attached to an aromatic ring is 1. The maximum Gasteiger partial charge on any atom is 0.315 e. The first-order chi connectivity index (χ1) is 8.99. The van der Waals surface area contributed by atoms with Crippen LogP contribution in [-0.4, -0.2) is 4.92 Å². The predicted octanol–water partition coefficient (Wildman–Crippen LogP) is 4.34. The van der Waals surface area contributed by atoms with Crippen LogP contribution < -0.4 is 11.1 Å². The van der Waals surface area contributed by atoms with Crippen LogP contribution in [0.3, 0.4) is 0 Å². The fraction of sp³-hybridized carbons (Fsp3) is 0. The molecular formula is C12H9BrClN3O2. The molecule has 7 heteroatoms. The van der Waals surface area contributed by atoms with E-state index in [2.05, 4.69) is 21.2 Å². The van der Waals surface area contributed by atoms with Crippen LogP contribution in [-0.2, 0) is 0 Å². The molecule has 2 aromatic carbocycles. The van der Waals surface area contributed by atoms with E-state index in [9.17, 15) is 10.1 Å². The smallest absolute Gasteiger partial charge is 0.315 e. The molecule has 0 spiro atoms. The minimum Gasteiger partial charge on any atom is -0.393 e. The summed E-state index contributed by atoms with van der Waals surface area (Å²) in [5, 5.41) is 14.4. The molecule has 5 nitrogen and oxygen atoms in total. The average Bonchev–Trinajstić information content (AvgIpc) is 2.33. The number of halogens is 2. The number of nitrogens with two attached hydrogens (primary N) is 1. The topological polar surface area (TPSA) is 81.2 Å². The van der Waals surface area contributed by atoms with Crippen molar-refractivity contribution in [3.05, 3.63) is 56.0 Å². The van der Waals surface area contributed by atoms with E-state index in [1.54, 1.807) is 30.3 Å². The largest absolute Gasteiger partial charge is 0.393 e. The maximum absolute atomic E-state index is 11.0. The van der Waals surface area contributed by atoms with Crippen LogP contribution in [0.4, 0.5) is 22.7 Å². The number of para-hydroxylation sites is 1. The van der Waals surface area contributed by atoms with Crippen molar-refractivity contribution in [2.24, 2.45) is 0 Å². The Kier molecular flexibility index (Phi) is 3.92. The molecule has 0 aromatic heterocycles. The van der Waals surface area contributed by atoms with Crippen molar-refractivity contribution in [1.82, 2.24) is 0 Å². The molecule has 98 valence electrons. The lowest BCUT2D eigenvalue weighted by molar-refractivity contribution is -0.383. The number of anilines is 3. The summed E-state index contributed by atoms with van der Waals surface area (Å²) in [6.45, 7) is 0. The molecule has 0 atom stereocenters. The minimum atomic E-state index is -0.524. The maximum atomic E-state index is 11.0. The standard InChI is InChI=1S/C12H9BrClN3O2/c13-7-4-5-8(14)11(6-7)16-10-3-1-2-9(15)12(10)17(18)19/h1-6,16H,15H2. The number of nitrogens with zero attached hydrogens (tertiary/aromatic N) is 1. The van der Waals surface area contributed by atoms with E-state index in [1.165, 1.54) is 6.07 Å². The number of hydrogen-bond acceptors (Lipinski definition) is 4. The van der Waals surface area contributed by atoms with E-state index in [0.717, 1.165) is 4.47 Å². The summed E-state index contributed by atoms with van der Waals surface area (Å²) >= 11 is 9.35. The molecule has 0 bridgehead atoms. The van der Waals surface area contributed by atoms with Crippen molar-refractivity contribution in [2.45, 2.75) is 0 Å². The molecule has 2 aromatic rings. The Morgan fingerprint density at radius 2 is 2.00 bits per heavy atom. The van der Waals surface area contributed by atoms with Crippen LogP contribution in [0.2, 0.25) is 5.02 Å². The number of nitro benzene ring substituents is 1. The lowest BCUT2D eigenvalue weighted by Gasteiger charge is -2.10. The zero-order valence-corrected chi connectivity index (χ0v) is 11.9. The van der Waals surface area contributed by atoms with Gasteiger partial charge in [0.2, 0.25) is 0 Å². The van der Waals surface area contributed by atoms with E-state index >= 15 is 0 Å². The van der Waals surface area contributed by atoms with Gasteiger partial charge in [-0.3, -0.25) is 10.1 Å². The Labute approximate surface area is 122 Å². The summed E-state index contributed by atoms with van der Waals surface area (Å²) in [6, 6.07) is 9.89. The molecule has 0 saturated carbocycles. The lowest BCUT2D eigenvalue weighted by Crippen LogP contribution is -2.01. The van der Waals surface area contributed by atoms with Gasteiger partial charge in [0.1, 0.15) is 11.4 Å². The zero-order valence-electron chi connectivity index (χ0n) is 9.56. The van der Waals surface area contributed by atoms with Crippen molar-refractivity contribution < 1.29 is 4.92 Å². The highest BCUT2D eigenvalue weighted by molar-refractivity contribution is 9.10. The fourth-order valence-electron chi connectivity index (χ4n) is 1.60. The molecule has 0 amide bonds. The number of hydrogen-bond donors (Lipinski definition) is 2. The Hall–Kier alpha value is -1.79. The third-order valence-corrected chi connectivity index (χ3v) is 3.27.